The van der Waals surface area contributed by atoms with Crippen LogP contribution in [0.15, 0.2) is 30.3 Å². The quantitative estimate of drug-likeness (QED) is 0.701. The molecular weight excluding hydrogens is 308 g/mol. The van der Waals surface area contributed by atoms with E-state index in [-0.39, 0.29) is 19.1 Å². The third-order valence-electron chi connectivity index (χ3n) is 3.46. The first kappa shape index (κ1) is 20.1. The van der Waals surface area contributed by atoms with Gasteiger partial charge in [-0.2, -0.15) is 0 Å². The third kappa shape index (κ3) is 7.10. The Morgan fingerprint density at radius 1 is 1.21 bits per heavy atom. The monoisotopic (exact) mass is 336 g/mol. The largest absolute Gasteiger partial charge is 0.444 e. The van der Waals surface area contributed by atoms with Gasteiger partial charge in [0.25, 0.3) is 0 Å². The van der Waals surface area contributed by atoms with Crippen molar-refractivity contribution in [1.29, 1.82) is 0 Å². The molecule has 24 heavy (non-hydrogen) atoms. The molecule has 0 spiro atoms. The molecule has 0 heterocycles. The van der Waals surface area contributed by atoms with Gasteiger partial charge in [-0.1, -0.05) is 44.2 Å². The third-order valence-corrected chi connectivity index (χ3v) is 3.46. The summed E-state index contributed by atoms with van der Waals surface area (Å²) in [6, 6.07) is 8.62. The molecule has 134 valence electrons. The summed E-state index contributed by atoms with van der Waals surface area (Å²) < 4.78 is 10.3. The van der Waals surface area contributed by atoms with Crippen molar-refractivity contribution in [2.24, 2.45) is 11.7 Å². The van der Waals surface area contributed by atoms with E-state index in [0.29, 0.717) is 19.4 Å². The second-order valence-corrected chi connectivity index (χ2v) is 6.11. The Morgan fingerprint density at radius 2 is 1.88 bits per heavy atom. The number of hydrogen-bond acceptors (Lipinski definition) is 5. The Kier molecular flexibility index (Phi) is 9.04. The standard InChI is InChI=1S/C18H28N2O4/c1-14(2)12-16(19)17(21)20(10-7-11-23-3)18(22)24-13-15-8-5-4-6-9-15/h4-6,8-9,14,16H,7,10-13,19H2,1-3H3/t16-/m0/s1. The second kappa shape index (κ2) is 10.8. The van der Waals surface area contributed by atoms with Crippen LogP contribution in [0, 0.1) is 5.92 Å². The molecule has 0 aromatic heterocycles. The average molecular weight is 336 g/mol. The molecule has 6 nitrogen and oxygen atoms in total. The molecule has 0 aliphatic heterocycles. The van der Waals surface area contributed by atoms with Crippen molar-refractivity contribution < 1.29 is 19.1 Å². The van der Waals surface area contributed by atoms with Gasteiger partial charge in [0, 0.05) is 20.3 Å². The molecular formula is C18H28N2O4. The van der Waals surface area contributed by atoms with Crippen LogP contribution in [-0.4, -0.2) is 43.2 Å². The van der Waals surface area contributed by atoms with Crippen molar-refractivity contribution in [3.8, 4) is 0 Å². The molecule has 0 aliphatic rings. The number of imide groups is 1. The minimum atomic E-state index is -0.711. The molecule has 0 saturated heterocycles. The molecule has 2 N–H and O–H groups in total. The molecule has 1 rings (SSSR count). The first-order valence-electron chi connectivity index (χ1n) is 8.22. The maximum atomic E-state index is 12.5. The van der Waals surface area contributed by atoms with Gasteiger partial charge in [0.05, 0.1) is 6.04 Å². The molecule has 2 amide bonds. The molecule has 0 fully saturated rings. The summed E-state index contributed by atoms with van der Waals surface area (Å²) in [5, 5.41) is 0. The molecule has 0 saturated carbocycles. The zero-order valence-corrected chi connectivity index (χ0v) is 14.7. The topological polar surface area (TPSA) is 81.9 Å². The number of nitrogens with two attached hydrogens (primary N) is 1. The zero-order chi connectivity index (χ0) is 17.9. The summed E-state index contributed by atoms with van der Waals surface area (Å²) in [7, 11) is 1.57. The maximum absolute atomic E-state index is 12.5. The molecule has 0 bridgehead atoms. The first-order chi connectivity index (χ1) is 11.5. The number of benzene rings is 1. The van der Waals surface area contributed by atoms with E-state index in [4.69, 9.17) is 15.2 Å². The molecule has 6 heteroatoms. The molecule has 1 aromatic rings. The average Bonchev–Trinajstić information content (AvgIpc) is 2.56. The maximum Gasteiger partial charge on any atom is 0.416 e. The minimum Gasteiger partial charge on any atom is -0.444 e. The van der Waals surface area contributed by atoms with Crippen molar-refractivity contribution in [2.75, 3.05) is 20.3 Å². The van der Waals surface area contributed by atoms with Crippen molar-refractivity contribution in [3.63, 3.8) is 0 Å². The van der Waals surface area contributed by atoms with Gasteiger partial charge in [-0.15, -0.1) is 0 Å². The SMILES string of the molecule is COCCCN(C(=O)OCc1ccccc1)C(=O)[C@@H](N)CC(C)C. The van der Waals surface area contributed by atoms with E-state index in [0.717, 1.165) is 10.5 Å². The van der Waals surface area contributed by atoms with E-state index in [1.807, 2.05) is 44.2 Å². The number of rotatable bonds is 9. The Labute approximate surface area is 143 Å². The number of amides is 2. The number of nitrogens with zero attached hydrogens (tertiary/aromatic N) is 1. The van der Waals surface area contributed by atoms with E-state index in [9.17, 15) is 9.59 Å². The van der Waals surface area contributed by atoms with Crippen LogP contribution in [0.4, 0.5) is 4.79 Å². The summed E-state index contributed by atoms with van der Waals surface area (Å²) in [5.41, 5.74) is 6.80. The van der Waals surface area contributed by atoms with Crippen LogP contribution in [0.3, 0.4) is 0 Å². The number of carbonyl (C=O) groups excluding carboxylic acids is 2. The first-order valence-corrected chi connectivity index (χ1v) is 8.22. The summed E-state index contributed by atoms with van der Waals surface area (Å²) in [5.74, 6) is -0.136. The number of methoxy groups -OCH3 is 1. The van der Waals surface area contributed by atoms with E-state index < -0.39 is 18.0 Å². The van der Waals surface area contributed by atoms with E-state index >= 15 is 0 Å². The Hall–Kier alpha value is -1.92. The molecule has 0 radical (unpaired) electrons. The van der Waals surface area contributed by atoms with Crippen LogP contribution in [0.1, 0.15) is 32.3 Å². The number of hydrogen-bond donors (Lipinski definition) is 1. The van der Waals surface area contributed by atoms with Gasteiger partial charge in [0.1, 0.15) is 6.61 Å². The van der Waals surface area contributed by atoms with Crippen LogP contribution in [0.5, 0.6) is 0 Å². The Morgan fingerprint density at radius 3 is 2.46 bits per heavy atom. The van der Waals surface area contributed by atoms with Crippen LogP contribution < -0.4 is 5.73 Å². The van der Waals surface area contributed by atoms with Crippen molar-refractivity contribution in [3.05, 3.63) is 35.9 Å². The lowest BCUT2D eigenvalue weighted by Crippen LogP contribution is -2.48. The summed E-state index contributed by atoms with van der Waals surface area (Å²) in [6.45, 7) is 4.76. The van der Waals surface area contributed by atoms with Crippen LogP contribution >= 0.6 is 0 Å². The van der Waals surface area contributed by atoms with E-state index in [1.54, 1.807) is 7.11 Å². The van der Waals surface area contributed by atoms with Crippen LogP contribution in [0.25, 0.3) is 0 Å². The van der Waals surface area contributed by atoms with Gasteiger partial charge in [-0.05, 0) is 24.3 Å². The predicted octanol–water partition coefficient (Wildman–Crippen LogP) is 2.56. The highest BCUT2D eigenvalue weighted by Crippen LogP contribution is 2.09. The highest BCUT2D eigenvalue weighted by atomic mass is 16.6. The van der Waals surface area contributed by atoms with E-state index in [2.05, 4.69) is 0 Å². The van der Waals surface area contributed by atoms with Gasteiger partial charge in [-0.25, -0.2) is 9.69 Å². The Bertz CT molecular complexity index is 505. The fourth-order valence-electron chi connectivity index (χ4n) is 2.26. The number of carbonyl (C=O) groups is 2. The van der Waals surface area contributed by atoms with E-state index in [1.165, 1.54) is 0 Å². The minimum absolute atomic E-state index is 0.118. The summed E-state index contributed by atoms with van der Waals surface area (Å²) in [4.78, 5) is 25.9. The van der Waals surface area contributed by atoms with Crippen molar-refractivity contribution >= 4 is 12.0 Å². The smallest absolute Gasteiger partial charge is 0.416 e. The van der Waals surface area contributed by atoms with Gasteiger partial charge in [0.15, 0.2) is 0 Å². The van der Waals surface area contributed by atoms with Gasteiger partial charge in [-0.3, -0.25) is 4.79 Å². The molecule has 1 atom stereocenters. The Balaban J connectivity index is 2.68. The molecule has 0 unspecified atom stereocenters. The fourth-order valence-corrected chi connectivity index (χ4v) is 2.26. The van der Waals surface area contributed by atoms with Crippen LogP contribution in [0.2, 0.25) is 0 Å². The summed E-state index contributed by atoms with van der Waals surface area (Å²) >= 11 is 0. The van der Waals surface area contributed by atoms with Gasteiger partial charge in [0.2, 0.25) is 5.91 Å². The summed E-state index contributed by atoms with van der Waals surface area (Å²) in [6.07, 6.45) is 0.391. The number of ether oxygens (including phenoxy) is 2. The lowest BCUT2D eigenvalue weighted by atomic mass is 10.0. The normalized spacial score (nSPS) is 12.0. The second-order valence-electron chi connectivity index (χ2n) is 6.11. The highest BCUT2D eigenvalue weighted by Gasteiger charge is 2.27. The lowest BCUT2D eigenvalue weighted by molar-refractivity contribution is -0.131. The van der Waals surface area contributed by atoms with Gasteiger partial charge >= 0.3 is 6.09 Å². The van der Waals surface area contributed by atoms with Crippen molar-refractivity contribution in [1.82, 2.24) is 4.90 Å². The predicted molar refractivity (Wildman–Crippen MR) is 92.3 cm³/mol. The zero-order valence-electron chi connectivity index (χ0n) is 14.7. The van der Waals surface area contributed by atoms with Crippen LogP contribution in [-0.2, 0) is 20.9 Å². The molecule has 0 aliphatic carbocycles. The molecule has 1 aromatic carbocycles. The highest BCUT2D eigenvalue weighted by molar-refractivity contribution is 5.94. The lowest BCUT2D eigenvalue weighted by Gasteiger charge is -2.24. The van der Waals surface area contributed by atoms with Crippen molar-refractivity contribution in [2.45, 2.75) is 39.3 Å². The fraction of sp³-hybridized carbons (Fsp3) is 0.556. The van der Waals surface area contributed by atoms with Gasteiger partial charge < -0.3 is 15.2 Å².